The van der Waals surface area contributed by atoms with Crippen LogP contribution < -0.4 is 15.2 Å². The van der Waals surface area contributed by atoms with Crippen molar-refractivity contribution in [2.75, 3.05) is 33.5 Å². The second-order valence-electron chi connectivity index (χ2n) is 4.77. The number of rotatable bonds is 6. The van der Waals surface area contributed by atoms with E-state index in [9.17, 15) is 0 Å². The van der Waals surface area contributed by atoms with Crippen molar-refractivity contribution in [2.24, 2.45) is 5.73 Å². The standard InChI is InChI=1S/C13H16O4.CH5N/c1-13(9-17-13)8-16-11-4-2-3-10(5-11)14-6-12-7-15-12;1-2/h2-5,12H,6-9H2,1H3;2H2,1H3. The molecule has 2 heterocycles. The summed E-state index contributed by atoms with van der Waals surface area (Å²) in [6.07, 6.45) is 0.276. The lowest BCUT2D eigenvalue weighted by atomic mass is 10.2. The lowest BCUT2D eigenvalue weighted by molar-refractivity contribution is 0.201. The molecule has 2 saturated heterocycles. The molecule has 0 aromatic heterocycles. The van der Waals surface area contributed by atoms with Gasteiger partial charge in [-0.2, -0.15) is 0 Å². The largest absolute Gasteiger partial charge is 0.491 e. The monoisotopic (exact) mass is 267 g/mol. The van der Waals surface area contributed by atoms with Crippen LogP contribution in [0.2, 0.25) is 0 Å². The molecule has 2 unspecified atom stereocenters. The summed E-state index contributed by atoms with van der Waals surface area (Å²) in [6, 6.07) is 7.67. The maximum absolute atomic E-state index is 5.66. The van der Waals surface area contributed by atoms with Crippen LogP contribution in [0.1, 0.15) is 6.92 Å². The Morgan fingerprint density at radius 2 is 1.95 bits per heavy atom. The van der Waals surface area contributed by atoms with E-state index in [2.05, 4.69) is 5.73 Å². The van der Waals surface area contributed by atoms with Gasteiger partial charge in [-0.3, -0.25) is 0 Å². The maximum Gasteiger partial charge on any atom is 0.123 e. The first-order valence-corrected chi connectivity index (χ1v) is 6.43. The molecule has 0 bridgehead atoms. The minimum atomic E-state index is -0.0846. The van der Waals surface area contributed by atoms with Crippen molar-refractivity contribution in [3.8, 4) is 11.5 Å². The number of nitrogens with two attached hydrogens (primary N) is 1. The zero-order valence-corrected chi connectivity index (χ0v) is 11.4. The van der Waals surface area contributed by atoms with Gasteiger partial charge in [0.25, 0.3) is 0 Å². The molecule has 106 valence electrons. The Labute approximate surface area is 113 Å². The molecular weight excluding hydrogens is 246 g/mol. The maximum atomic E-state index is 5.66. The quantitative estimate of drug-likeness (QED) is 0.784. The van der Waals surface area contributed by atoms with Crippen LogP contribution in [-0.4, -0.2) is 45.2 Å². The van der Waals surface area contributed by atoms with Crippen LogP contribution in [-0.2, 0) is 9.47 Å². The Hall–Kier alpha value is -1.30. The minimum absolute atomic E-state index is 0.0846. The predicted molar refractivity (Wildman–Crippen MR) is 71.6 cm³/mol. The van der Waals surface area contributed by atoms with Crippen molar-refractivity contribution in [3.05, 3.63) is 24.3 Å². The lowest BCUT2D eigenvalue weighted by Gasteiger charge is -2.10. The Morgan fingerprint density at radius 1 is 1.32 bits per heavy atom. The molecular formula is C14H21NO4. The highest BCUT2D eigenvalue weighted by Crippen LogP contribution is 2.28. The third kappa shape index (κ3) is 4.70. The molecule has 19 heavy (non-hydrogen) atoms. The number of ether oxygens (including phenoxy) is 4. The first-order chi connectivity index (χ1) is 9.23. The summed E-state index contributed by atoms with van der Waals surface area (Å²) in [4.78, 5) is 0. The fourth-order valence-electron chi connectivity index (χ4n) is 1.45. The Morgan fingerprint density at radius 3 is 2.53 bits per heavy atom. The van der Waals surface area contributed by atoms with Gasteiger partial charge in [-0.05, 0) is 26.1 Å². The number of hydrogen-bond donors (Lipinski definition) is 1. The number of hydrogen-bond acceptors (Lipinski definition) is 5. The van der Waals surface area contributed by atoms with E-state index in [0.29, 0.717) is 13.2 Å². The Kier molecular flexibility index (Phi) is 4.63. The summed E-state index contributed by atoms with van der Waals surface area (Å²) >= 11 is 0. The summed E-state index contributed by atoms with van der Waals surface area (Å²) in [6.45, 7) is 4.83. The lowest BCUT2D eigenvalue weighted by Crippen LogP contribution is -2.16. The van der Waals surface area contributed by atoms with Crippen molar-refractivity contribution in [1.29, 1.82) is 0 Å². The van der Waals surface area contributed by atoms with Crippen LogP contribution in [0.3, 0.4) is 0 Å². The SMILES string of the molecule is CC1(COc2cccc(OCC3CO3)c2)CO1.CN. The Bertz CT molecular complexity index is 402. The summed E-state index contributed by atoms with van der Waals surface area (Å²) < 4.78 is 21.6. The van der Waals surface area contributed by atoms with E-state index < -0.39 is 0 Å². The van der Waals surface area contributed by atoms with Crippen molar-refractivity contribution < 1.29 is 18.9 Å². The fraction of sp³-hybridized carbons (Fsp3) is 0.571. The average molecular weight is 267 g/mol. The number of epoxide rings is 2. The summed E-state index contributed by atoms with van der Waals surface area (Å²) in [7, 11) is 1.50. The van der Waals surface area contributed by atoms with E-state index in [1.165, 1.54) is 7.05 Å². The van der Waals surface area contributed by atoms with E-state index in [1.807, 2.05) is 31.2 Å². The first kappa shape index (κ1) is 14.1. The third-order valence-electron chi connectivity index (χ3n) is 2.83. The van der Waals surface area contributed by atoms with Crippen LogP contribution in [0.5, 0.6) is 11.5 Å². The molecule has 3 rings (SSSR count). The van der Waals surface area contributed by atoms with Gasteiger partial charge < -0.3 is 24.7 Å². The molecule has 0 saturated carbocycles. The predicted octanol–water partition coefficient (Wildman–Crippen LogP) is 1.21. The summed E-state index contributed by atoms with van der Waals surface area (Å²) in [5.74, 6) is 1.64. The number of benzene rings is 1. The normalized spacial score (nSPS) is 27.0. The smallest absolute Gasteiger partial charge is 0.123 e. The summed E-state index contributed by atoms with van der Waals surface area (Å²) in [5.41, 5.74) is 4.42. The highest BCUT2D eigenvalue weighted by molar-refractivity contribution is 5.33. The van der Waals surface area contributed by atoms with E-state index in [0.717, 1.165) is 24.7 Å². The highest BCUT2D eigenvalue weighted by atomic mass is 16.6. The highest BCUT2D eigenvalue weighted by Gasteiger charge is 2.40. The molecule has 0 radical (unpaired) electrons. The van der Waals surface area contributed by atoms with Crippen LogP contribution in [0.15, 0.2) is 24.3 Å². The van der Waals surface area contributed by atoms with Crippen molar-refractivity contribution in [3.63, 3.8) is 0 Å². The zero-order chi connectivity index (χ0) is 13.7. The van der Waals surface area contributed by atoms with E-state index in [-0.39, 0.29) is 11.7 Å². The van der Waals surface area contributed by atoms with Gasteiger partial charge in [-0.25, -0.2) is 0 Å². The van der Waals surface area contributed by atoms with Crippen molar-refractivity contribution >= 4 is 0 Å². The van der Waals surface area contributed by atoms with Gasteiger partial charge in [-0.1, -0.05) is 6.07 Å². The van der Waals surface area contributed by atoms with Gasteiger partial charge in [-0.15, -0.1) is 0 Å². The van der Waals surface area contributed by atoms with Gasteiger partial charge in [0.05, 0.1) is 13.2 Å². The second-order valence-corrected chi connectivity index (χ2v) is 4.77. The zero-order valence-electron chi connectivity index (χ0n) is 11.4. The molecule has 5 heteroatoms. The molecule has 2 N–H and O–H groups in total. The second kappa shape index (κ2) is 6.23. The fourth-order valence-corrected chi connectivity index (χ4v) is 1.45. The van der Waals surface area contributed by atoms with Gasteiger partial charge in [0.15, 0.2) is 0 Å². The van der Waals surface area contributed by atoms with E-state index >= 15 is 0 Å². The topological polar surface area (TPSA) is 69.5 Å². The Balaban J connectivity index is 0.000000637. The van der Waals surface area contributed by atoms with Crippen molar-refractivity contribution in [1.82, 2.24) is 0 Å². The van der Waals surface area contributed by atoms with E-state index in [1.54, 1.807) is 0 Å². The summed E-state index contributed by atoms with van der Waals surface area (Å²) in [5, 5.41) is 0. The van der Waals surface area contributed by atoms with Crippen molar-refractivity contribution in [2.45, 2.75) is 18.6 Å². The molecule has 0 spiro atoms. The van der Waals surface area contributed by atoms with Crippen LogP contribution >= 0.6 is 0 Å². The molecule has 0 amide bonds. The molecule has 2 fully saturated rings. The minimum Gasteiger partial charge on any atom is -0.491 e. The molecule has 2 aliphatic heterocycles. The van der Waals surface area contributed by atoms with Gasteiger partial charge in [0, 0.05) is 6.07 Å². The first-order valence-electron chi connectivity index (χ1n) is 6.43. The molecule has 1 aromatic carbocycles. The van der Waals surface area contributed by atoms with Crippen LogP contribution in [0, 0.1) is 0 Å². The molecule has 0 aliphatic carbocycles. The van der Waals surface area contributed by atoms with Crippen LogP contribution in [0.25, 0.3) is 0 Å². The van der Waals surface area contributed by atoms with Gasteiger partial charge >= 0.3 is 0 Å². The van der Waals surface area contributed by atoms with E-state index in [4.69, 9.17) is 18.9 Å². The average Bonchev–Trinajstić information content (AvgIpc) is 3.35. The third-order valence-corrected chi connectivity index (χ3v) is 2.83. The van der Waals surface area contributed by atoms with Gasteiger partial charge in [0.2, 0.25) is 0 Å². The molecule has 2 aliphatic rings. The molecule has 5 nitrogen and oxygen atoms in total. The van der Waals surface area contributed by atoms with Gasteiger partial charge in [0.1, 0.15) is 36.4 Å². The molecule has 2 atom stereocenters. The van der Waals surface area contributed by atoms with Crippen LogP contribution in [0.4, 0.5) is 0 Å². The molecule has 1 aromatic rings.